The fraction of sp³-hybridized carbons (Fsp3) is 0.786. The molecule has 1 atom stereocenters. The molecule has 0 aliphatic heterocycles. The van der Waals surface area contributed by atoms with Crippen molar-refractivity contribution in [3.63, 3.8) is 0 Å². The number of ether oxygens (including phenoxy) is 1. The Kier molecular flexibility index (Phi) is 7.52. The predicted octanol–water partition coefficient (Wildman–Crippen LogP) is 2.78. The molecule has 0 fully saturated rings. The quantitative estimate of drug-likeness (QED) is 0.389. The Bertz CT molecular complexity index is 330. The van der Waals surface area contributed by atoms with E-state index >= 15 is 0 Å². The Morgan fingerprint density at radius 2 is 2.05 bits per heavy atom. The zero-order valence-corrected chi connectivity index (χ0v) is 12.5. The lowest BCUT2D eigenvalue weighted by Gasteiger charge is -2.18. The van der Waals surface area contributed by atoms with Crippen molar-refractivity contribution in [1.82, 2.24) is 15.2 Å². The molecule has 0 amide bonds. The molecule has 3 N–H and O–H groups in total. The van der Waals surface area contributed by atoms with Crippen LogP contribution in [0.2, 0.25) is 0 Å². The summed E-state index contributed by atoms with van der Waals surface area (Å²) in [5.74, 6) is 6.52. The Morgan fingerprint density at radius 3 is 2.63 bits per heavy atom. The lowest BCUT2D eigenvalue weighted by Crippen LogP contribution is -2.30. The standard InChI is InChI=1S/C14H28N4O/c1-4-6-7-8-9-10-12(17-15)14-13(19-3)11-16-18(14)5-2/h11-12,17H,4-10,15H2,1-3H3. The van der Waals surface area contributed by atoms with Crippen molar-refractivity contribution < 1.29 is 4.74 Å². The van der Waals surface area contributed by atoms with Crippen LogP contribution in [0.25, 0.3) is 0 Å². The van der Waals surface area contributed by atoms with Gasteiger partial charge < -0.3 is 4.74 Å². The van der Waals surface area contributed by atoms with Gasteiger partial charge in [-0.15, -0.1) is 0 Å². The second-order valence-electron chi connectivity index (χ2n) is 4.84. The van der Waals surface area contributed by atoms with E-state index in [1.165, 1.54) is 32.1 Å². The number of nitrogens with one attached hydrogen (secondary N) is 1. The molecule has 5 heteroatoms. The Hall–Kier alpha value is -1.07. The smallest absolute Gasteiger partial charge is 0.161 e. The average molecular weight is 268 g/mol. The molecule has 1 aromatic heterocycles. The van der Waals surface area contributed by atoms with Crippen LogP contribution in [-0.2, 0) is 6.54 Å². The van der Waals surface area contributed by atoms with Gasteiger partial charge in [0.05, 0.1) is 25.0 Å². The first-order chi connectivity index (χ1) is 9.28. The highest BCUT2D eigenvalue weighted by Gasteiger charge is 2.19. The Balaban J connectivity index is 2.60. The number of rotatable bonds is 10. The normalized spacial score (nSPS) is 12.6. The van der Waals surface area contributed by atoms with E-state index in [2.05, 4.69) is 24.4 Å². The molecule has 0 saturated carbocycles. The topological polar surface area (TPSA) is 65.1 Å². The van der Waals surface area contributed by atoms with Gasteiger partial charge in [0.25, 0.3) is 0 Å². The highest BCUT2D eigenvalue weighted by atomic mass is 16.5. The number of nitrogens with zero attached hydrogens (tertiary/aromatic N) is 2. The van der Waals surface area contributed by atoms with Crippen LogP contribution in [0.1, 0.15) is 64.1 Å². The van der Waals surface area contributed by atoms with E-state index in [0.29, 0.717) is 0 Å². The molecule has 0 radical (unpaired) electrons. The van der Waals surface area contributed by atoms with Gasteiger partial charge in [0.15, 0.2) is 5.75 Å². The van der Waals surface area contributed by atoms with Gasteiger partial charge in [0.1, 0.15) is 0 Å². The molecule has 0 aliphatic rings. The minimum Gasteiger partial charge on any atom is -0.493 e. The molecule has 110 valence electrons. The molecule has 1 rings (SSSR count). The first-order valence-electron chi connectivity index (χ1n) is 7.34. The molecule has 0 saturated heterocycles. The van der Waals surface area contributed by atoms with Gasteiger partial charge in [-0.1, -0.05) is 39.0 Å². The minimum atomic E-state index is 0.110. The van der Waals surface area contributed by atoms with E-state index in [9.17, 15) is 0 Å². The number of hydrogen-bond donors (Lipinski definition) is 2. The molecule has 0 spiro atoms. The van der Waals surface area contributed by atoms with Crippen molar-refractivity contribution in [3.05, 3.63) is 11.9 Å². The number of aryl methyl sites for hydroxylation is 1. The third-order valence-corrected chi connectivity index (χ3v) is 3.49. The zero-order valence-electron chi connectivity index (χ0n) is 12.5. The summed E-state index contributed by atoms with van der Waals surface area (Å²) in [6.45, 7) is 5.13. The van der Waals surface area contributed by atoms with Gasteiger partial charge in [0, 0.05) is 6.54 Å². The SMILES string of the molecule is CCCCCCCC(NN)c1c(OC)cnn1CC. The Labute approximate surface area is 116 Å². The summed E-state index contributed by atoms with van der Waals surface area (Å²) in [6, 6.07) is 0.110. The second kappa shape index (κ2) is 8.93. The van der Waals surface area contributed by atoms with Crippen molar-refractivity contribution in [3.8, 4) is 5.75 Å². The molecule has 5 nitrogen and oxygen atoms in total. The number of hydrogen-bond acceptors (Lipinski definition) is 4. The van der Waals surface area contributed by atoms with E-state index in [1.54, 1.807) is 13.3 Å². The van der Waals surface area contributed by atoms with Crippen molar-refractivity contribution in [1.29, 1.82) is 0 Å². The van der Waals surface area contributed by atoms with Crippen LogP contribution in [-0.4, -0.2) is 16.9 Å². The summed E-state index contributed by atoms with van der Waals surface area (Å²) in [4.78, 5) is 0. The first kappa shape index (κ1) is 16.0. The largest absolute Gasteiger partial charge is 0.493 e. The lowest BCUT2D eigenvalue weighted by molar-refractivity contribution is 0.382. The van der Waals surface area contributed by atoms with E-state index in [4.69, 9.17) is 10.6 Å². The monoisotopic (exact) mass is 268 g/mol. The zero-order chi connectivity index (χ0) is 14.1. The molecular weight excluding hydrogens is 240 g/mol. The van der Waals surface area contributed by atoms with Crippen LogP contribution in [0, 0.1) is 0 Å². The summed E-state index contributed by atoms with van der Waals surface area (Å²) in [7, 11) is 1.68. The van der Waals surface area contributed by atoms with Crippen molar-refractivity contribution in [2.75, 3.05) is 7.11 Å². The molecule has 1 aromatic rings. The number of hydrazine groups is 1. The Morgan fingerprint density at radius 1 is 1.32 bits per heavy atom. The molecule has 19 heavy (non-hydrogen) atoms. The van der Waals surface area contributed by atoms with Crippen LogP contribution >= 0.6 is 0 Å². The summed E-state index contributed by atoms with van der Waals surface area (Å²) in [5.41, 5.74) is 3.96. The van der Waals surface area contributed by atoms with E-state index in [1.807, 2.05) is 4.68 Å². The third kappa shape index (κ3) is 4.51. The highest BCUT2D eigenvalue weighted by Crippen LogP contribution is 2.28. The number of methoxy groups -OCH3 is 1. The summed E-state index contributed by atoms with van der Waals surface area (Å²) in [6.07, 6.45) is 9.11. The second-order valence-corrected chi connectivity index (χ2v) is 4.84. The van der Waals surface area contributed by atoms with Crippen LogP contribution in [0.3, 0.4) is 0 Å². The van der Waals surface area contributed by atoms with Gasteiger partial charge in [-0.25, -0.2) is 0 Å². The maximum atomic E-state index is 5.71. The maximum Gasteiger partial charge on any atom is 0.161 e. The van der Waals surface area contributed by atoms with Crippen molar-refractivity contribution in [2.45, 2.75) is 65.0 Å². The molecule has 0 bridgehead atoms. The van der Waals surface area contributed by atoms with E-state index in [-0.39, 0.29) is 6.04 Å². The third-order valence-electron chi connectivity index (χ3n) is 3.49. The summed E-state index contributed by atoms with van der Waals surface area (Å²) < 4.78 is 7.33. The summed E-state index contributed by atoms with van der Waals surface area (Å²) in [5, 5.41) is 4.33. The molecular formula is C14H28N4O. The molecule has 1 heterocycles. The lowest BCUT2D eigenvalue weighted by atomic mass is 10.0. The average Bonchev–Trinajstić information content (AvgIpc) is 2.85. The van der Waals surface area contributed by atoms with E-state index < -0.39 is 0 Å². The molecule has 1 unspecified atom stereocenters. The first-order valence-corrected chi connectivity index (χ1v) is 7.34. The van der Waals surface area contributed by atoms with Crippen molar-refractivity contribution >= 4 is 0 Å². The molecule has 0 aliphatic carbocycles. The van der Waals surface area contributed by atoms with Gasteiger partial charge in [-0.05, 0) is 13.3 Å². The highest BCUT2D eigenvalue weighted by molar-refractivity contribution is 5.28. The molecule has 0 aromatic carbocycles. The van der Waals surface area contributed by atoms with Gasteiger partial charge in [-0.3, -0.25) is 16.0 Å². The predicted molar refractivity (Wildman–Crippen MR) is 77.9 cm³/mol. The van der Waals surface area contributed by atoms with Gasteiger partial charge in [0.2, 0.25) is 0 Å². The van der Waals surface area contributed by atoms with Gasteiger partial charge in [-0.2, -0.15) is 5.10 Å². The van der Waals surface area contributed by atoms with E-state index in [0.717, 1.165) is 24.4 Å². The number of nitrogens with two attached hydrogens (primary N) is 1. The fourth-order valence-electron chi connectivity index (χ4n) is 2.39. The summed E-state index contributed by atoms with van der Waals surface area (Å²) >= 11 is 0. The van der Waals surface area contributed by atoms with Crippen LogP contribution in [0.5, 0.6) is 5.75 Å². The van der Waals surface area contributed by atoms with Crippen LogP contribution < -0.4 is 16.0 Å². The van der Waals surface area contributed by atoms with Crippen LogP contribution in [0.15, 0.2) is 6.20 Å². The number of unbranched alkanes of at least 4 members (excludes halogenated alkanes) is 4. The maximum absolute atomic E-state index is 5.71. The van der Waals surface area contributed by atoms with Crippen molar-refractivity contribution in [2.24, 2.45) is 5.84 Å². The minimum absolute atomic E-state index is 0.110. The van der Waals surface area contributed by atoms with Gasteiger partial charge >= 0.3 is 0 Å². The fourth-order valence-corrected chi connectivity index (χ4v) is 2.39. The van der Waals surface area contributed by atoms with Crippen LogP contribution in [0.4, 0.5) is 0 Å². The number of aromatic nitrogens is 2.